The molecule has 0 bridgehead atoms. The third-order valence-electron chi connectivity index (χ3n) is 3.72. The molecule has 1 aromatic heterocycles. The van der Waals surface area contributed by atoms with Crippen LogP contribution < -0.4 is 5.32 Å². The highest BCUT2D eigenvalue weighted by Gasteiger charge is 2.28. The number of halogens is 1. The number of fused-ring (bicyclic) bond motifs is 1. The number of hydrogen-bond acceptors (Lipinski definition) is 2. The minimum atomic E-state index is 0.562. The summed E-state index contributed by atoms with van der Waals surface area (Å²) >= 11 is 7.82. The number of thiophene rings is 1. The van der Waals surface area contributed by atoms with Crippen LogP contribution in [0.4, 0.5) is 0 Å². The van der Waals surface area contributed by atoms with Crippen molar-refractivity contribution in [2.75, 3.05) is 0 Å². The van der Waals surface area contributed by atoms with Crippen LogP contribution in [0, 0.1) is 5.92 Å². The third-order valence-corrected chi connectivity index (χ3v) is 5.06. The van der Waals surface area contributed by atoms with Crippen LogP contribution in [0.5, 0.6) is 0 Å². The Morgan fingerprint density at radius 2 is 2.31 bits per heavy atom. The summed E-state index contributed by atoms with van der Waals surface area (Å²) in [4.78, 5) is 1.50. The van der Waals surface area contributed by atoms with E-state index in [0.717, 1.165) is 10.3 Å². The maximum absolute atomic E-state index is 6.07. The van der Waals surface area contributed by atoms with E-state index in [1.807, 2.05) is 0 Å². The van der Waals surface area contributed by atoms with E-state index in [9.17, 15) is 0 Å². The zero-order valence-corrected chi connectivity index (χ0v) is 11.2. The molecule has 0 spiro atoms. The Morgan fingerprint density at radius 3 is 3.06 bits per heavy atom. The molecule has 2 atom stereocenters. The summed E-state index contributed by atoms with van der Waals surface area (Å²) in [5.41, 5.74) is 1.47. The van der Waals surface area contributed by atoms with Crippen molar-refractivity contribution in [1.82, 2.24) is 5.32 Å². The largest absolute Gasteiger partial charge is 0.307 e. The molecule has 2 aliphatic rings. The molecule has 1 fully saturated rings. The van der Waals surface area contributed by atoms with Gasteiger partial charge >= 0.3 is 0 Å². The van der Waals surface area contributed by atoms with Crippen LogP contribution >= 0.6 is 22.9 Å². The molecule has 1 nitrogen and oxygen atoms in total. The Morgan fingerprint density at radius 1 is 1.50 bits per heavy atom. The van der Waals surface area contributed by atoms with Crippen molar-refractivity contribution >= 4 is 22.9 Å². The summed E-state index contributed by atoms with van der Waals surface area (Å²) in [5.74, 6) is 1.01. The van der Waals surface area contributed by atoms with E-state index in [-0.39, 0.29) is 0 Å². The van der Waals surface area contributed by atoms with Crippen molar-refractivity contribution in [3.8, 4) is 0 Å². The van der Waals surface area contributed by atoms with Crippen LogP contribution in [0.2, 0.25) is 4.34 Å². The molecule has 0 amide bonds. The molecule has 0 aromatic carbocycles. The number of hydrogen-bond donors (Lipinski definition) is 1. The van der Waals surface area contributed by atoms with E-state index >= 15 is 0 Å². The molecule has 1 N–H and O–H groups in total. The smallest absolute Gasteiger partial charge is 0.0934 e. The van der Waals surface area contributed by atoms with Gasteiger partial charge in [-0.3, -0.25) is 0 Å². The Hall–Kier alpha value is -0.0500. The van der Waals surface area contributed by atoms with E-state index in [2.05, 4.69) is 18.3 Å². The second-order valence-corrected chi connectivity index (χ2v) is 7.04. The van der Waals surface area contributed by atoms with Gasteiger partial charge in [0, 0.05) is 17.0 Å². The molecule has 1 heterocycles. The zero-order valence-electron chi connectivity index (χ0n) is 9.63. The third kappa shape index (κ3) is 2.29. The molecular formula is C13H18ClNS. The molecule has 16 heavy (non-hydrogen) atoms. The number of rotatable bonds is 4. The van der Waals surface area contributed by atoms with Gasteiger partial charge in [-0.2, -0.15) is 0 Å². The van der Waals surface area contributed by atoms with E-state index in [1.54, 1.807) is 11.3 Å². The standard InChI is InChI=1S/C13H18ClNS/c1-8(6-9-2-3-9)15-11-4-5-12-10(11)7-13(14)16-12/h7-9,11,15H,2-6H2,1H3. The van der Waals surface area contributed by atoms with Crippen LogP contribution in [0.3, 0.4) is 0 Å². The van der Waals surface area contributed by atoms with Crippen molar-refractivity contribution < 1.29 is 0 Å². The molecule has 0 aliphatic heterocycles. The van der Waals surface area contributed by atoms with Gasteiger partial charge < -0.3 is 5.32 Å². The first kappa shape index (κ1) is 11.1. The second kappa shape index (κ2) is 4.32. The summed E-state index contributed by atoms with van der Waals surface area (Å²) in [6.45, 7) is 2.32. The maximum atomic E-state index is 6.07. The van der Waals surface area contributed by atoms with E-state index in [4.69, 9.17) is 11.6 Å². The van der Waals surface area contributed by atoms with Gasteiger partial charge in [0.15, 0.2) is 0 Å². The molecular weight excluding hydrogens is 238 g/mol. The van der Waals surface area contributed by atoms with Gasteiger partial charge in [-0.15, -0.1) is 11.3 Å². The first-order chi connectivity index (χ1) is 7.72. The molecule has 3 rings (SSSR count). The fourth-order valence-corrected chi connectivity index (χ4v) is 4.13. The highest BCUT2D eigenvalue weighted by atomic mass is 35.5. The van der Waals surface area contributed by atoms with Gasteiger partial charge in [0.1, 0.15) is 0 Å². The molecule has 1 saturated carbocycles. The Balaban J connectivity index is 1.62. The zero-order chi connectivity index (χ0) is 11.1. The summed E-state index contributed by atoms with van der Waals surface area (Å²) in [6.07, 6.45) is 6.72. The quantitative estimate of drug-likeness (QED) is 0.852. The number of nitrogens with one attached hydrogen (secondary N) is 1. The lowest BCUT2D eigenvalue weighted by atomic mass is 10.1. The molecule has 2 unspecified atom stereocenters. The lowest BCUT2D eigenvalue weighted by molar-refractivity contribution is 0.419. The van der Waals surface area contributed by atoms with Crippen LogP contribution in [-0.2, 0) is 6.42 Å². The van der Waals surface area contributed by atoms with Gasteiger partial charge in [0.05, 0.1) is 4.34 Å². The Kier molecular flexibility index (Phi) is 2.99. The topological polar surface area (TPSA) is 12.0 Å². The fraction of sp³-hybridized carbons (Fsp3) is 0.692. The summed E-state index contributed by atoms with van der Waals surface area (Å²) in [5, 5.41) is 3.77. The van der Waals surface area contributed by atoms with Crippen LogP contribution in [0.25, 0.3) is 0 Å². The van der Waals surface area contributed by atoms with Crippen molar-refractivity contribution in [3.63, 3.8) is 0 Å². The van der Waals surface area contributed by atoms with Crippen molar-refractivity contribution in [2.24, 2.45) is 5.92 Å². The fourth-order valence-electron chi connectivity index (χ4n) is 2.77. The first-order valence-corrected chi connectivity index (χ1v) is 7.46. The monoisotopic (exact) mass is 255 g/mol. The van der Waals surface area contributed by atoms with Gasteiger partial charge in [-0.1, -0.05) is 24.4 Å². The van der Waals surface area contributed by atoms with E-state index < -0.39 is 0 Å². The maximum Gasteiger partial charge on any atom is 0.0934 e. The molecule has 3 heteroatoms. The summed E-state index contributed by atoms with van der Waals surface area (Å²) < 4.78 is 0.950. The van der Waals surface area contributed by atoms with Gasteiger partial charge in [0.25, 0.3) is 0 Å². The lowest BCUT2D eigenvalue weighted by Gasteiger charge is -2.19. The summed E-state index contributed by atoms with van der Waals surface area (Å²) in [7, 11) is 0. The van der Waals surface area contributed by atoms with Crippen molar-refractivity contribution in [3.05, 3.63) is 20.8 Å². The van der Waals surface area contributed by atoms with Crippen molar-refractivity contribution in [1.29, 1.82) is 0 Å². The van der Waals surface area contributed by atoms with Crippen molar-refractivity contribution in [2.45, 2.75) is 51.1 Å². The minimum absolute atomic E-state index is 0.562. The normalized spacial score (nSPS) is 25.8. The highest BCUT2D eigenvalue weighted by Crippen LogP contribution is 2.40. The molecule has 88 valence electrons. The van der Waals surface area contributed by atoms with E-state index in [0.29, 0.717) is 12.1 Å². The predicted molar refractivity (Wildman–Crippen MR) is 70.3 cm³/mol. The van der Waals surface area contributed by atoms with Gasteiger partial charge in [-0.05, 0) is 43.7 Å². The van der Waals surface area contributed by atoms with Gasteiger partial charge in [-0.25, -0.2) is 0 Å². The van der Waals surface area contributed by atoms with Crippen LogP contribution in [-0.4, -0.2) is 6.04 Å². The van der Waals surface area contributed by atoms with Crippen LogP contribution in [0.1, 0.15) is 49.1 Å². The summed E-state index contributed by atoms with van der Waals surface area (Å²) in [6, 6.07) is 3.38. The average Bonchev–Trinajstić information content (AvgIpc) is 2.84. The molecule has 0 saturated heterocycles. The predicted octanol–water partition coefficient (Wildman–Crippen LogP) is 4.17. The highest BCUT2D eigenvalue weighted by molar-refractivity contribution is 7.16. The van der Waals surface area contributed by atoms with E-state index in [1.165, 1.54) is 42.5 Å². The Bertz CT molecular complexity index is 383. The number of aryl methyl sites for hydroxylation is 1. The van der Waals surface area contributed by atoms with Gasteiger partial charge in [0.2, 0.25) is 0 Å². The molecule has 0 radical (unpaired) electrons. The Labute approximate surface area is 106 Å². The first-order valence-electron chi connectivity index (χ1n) is 6.26. The average molecular weight is 256 g/mol. The lowest BCUT2D eigenvalue weighted by Crippen LogP contribution is -2.29. The van der Waals surface area contributed by atoms with Crippen LogP contribution in [0.15, 0.2) is 6.07 Å². The molecule has 1 aromatic rings. The SMILES string of the molecule is CC(CC1CC1)NC1CCc2sc(Cl)cc21. The molecule has 2 aliphatic carbocycles. The minimum Gasteiger partial charge on any atom is -0.307 e. The second-order valence-electron chi connectivity index (χ2n) is 5.27.